The molecule has 1 aliphatic carbocycles. The zero-order chi connectivity index (χ0) is 12.7. The Morgan fingerprint density at radius 1 is 1.12 bits per heavy atom. The topological polar surface area (TPSA) is 110 Å². The van der Waals surface area contributed by atoms with Gasteiger partial charge in [0, 0.05) is 19.0 Å². The summed E-state index contributed by atoms with van der Waals surface area (Å²) in [5.41, 5.74) is 10.6. The second kappa shape index (κ2) is 7.11. The van der Waals surface area contributed by atoms with E-state index in [-0.39, 0.29) is 11.8 Å². The van der Waals surface area contributed by atoms with Crippen molar-refractivity contribution in [3.63, 3.8) is 0 Å². The van der Waals surface area contributed by atoms with Crippen molar-refractivity contribution in [2.24, 2.45) is 23.3 Å². The maximum atomic E-state index is 11.9. The first kappa shape index (κ1) is 13.8. The summed E-state index contributed by atoms with van der Waals surface area (Å²) in [4.78, 5) is 22.3. The molecule has 0 aromatic heterocycles. The number of carbonyl (C=O) groups is 2. The molecular weight excluding hydrogens is 220 g/mol. The van der Waals surface area contributed by atoms with E-state index in [0.29, 0.717) is 25.6 Å². The van der Waals surface area contributed by atoms with Crippen molar-refractivity contribution in [2.45, 2.75) is 25.7 Å². The minimum atomic E-state index is -0.572. The second-order valence-corrected chi connectivity index (χ2v) is 4.47. The molecule has 0 bridgehead atoms. The van der Waals surface area contributed by atoms with Crippen molar-refractivity contribution in [1.29, 1.82) is 0 Å². The first-order valence-corrected chi connectivity index (χ1v) is 6.16. The normalized spacial score (nSPS) is 24.1. The van der Waals surface area contributed by atoms with Gasteiger partial charge in [0.1, 0.15) is 0 Å². The molecule has 1 fully saturated rings. The first-order chi connectivity index (χ1) is 8.15. The van der Waals surface area contributed by atoms with Crippen molar-refractivity contribution < 1.29 is 9.59 Å². The number of amides is 3. The fraction of sp³-hybridized carbons (Fsp3) is 0.818. The molecule has 1 aliphatic rings. The lowest BCUT2D eigenvalue weighted by atomic mass is 9.79. The molecule has 98 valence electrons. The van der Waals surface area contributed by atoms with Gasteiger partial charge in [-0.1, -0.05) is 12.8 Å². The van der Waals surface area contributed by atoms with Crippen LogP contribution in [0.4, 0.5) is 4.79 Å². The highest BCUT2D eigenvalue weighted by Crippen LogP contribution is 2.29. The number of hydrogen-bond acceptors (Lipinski definition) is 3. The Labute approximate surface area is 101 Å². The molecule has 6 nitrogen and oxygen atoms in total. The standard InChI is InChI=1S/C11H22N4O2/c12-7-8-3-1-2-4-9(8)10(16)14-5-6-15-11(13)17/h8-9H,1-7,12H2,(H,14,16)(H3,13,15,17). The van der Waals surface area contributed by atoms with Crippen molar-refractivity contribution in [3.8, 4) is 0 Å². The molecule has 2 atom stereocenters. The van der Waals surface area contributed by atoms with E-state index in [9.17, 15) is 9.59 Å². The lowest BCUT2D eigenvalue weighted by Gasteiger charge is -2.29. The lowest BCUT2D eigenvalue weighted by molar-refractivity contribution is -0.127. The summed E-state index contributed by atoms with van der Waals surface area (Å²) >= 11 is 0. The third-order valence-electron chi connectivity index (χ3n) is 3.27. The molecule has 6 N–H and O–H groups in total. The third-order valence-corrected chi connectivity index (χ3v) is 3.27. The van der Waals surface area contributed by atoms with Gasteiger partial charge in [0.05, 0.1) is 0 Å². The zero-order valence-corrected chi connectivity index (χ0v) is 10.1. The highest BCUT2D eigenvalue weighted by molar-refractivity contribution is 5.79. The molecule has 0 aromatic rings. The highest BCUT2D eigenvalue weighted by Gasteiger charge is 2.29. The molecule has 6 heteroatoms. The van der Waals surface area contributed by atoms with Crippen LogP contribution >= 0.6 is 0 Å². The average Bonchev–Trinajstić information content (AvgIpc) is 2.34. The Bertz CT molecular complexity index is 270. The predicted molar refractivity (Wildman–Crippen MR) is 65.1 cm³/mol. The summed E-state index contributed by atoms with van der Waals surface area (Å²) < 4.78 is 0. The van der Waals surface area contributed by atoms with Crippen molar-refractivity contribution in [1.82, 2.24) is 10.6 Å². The van der Waals surface area contributed by atoms with Gasteiger partial charge in [0.25, 0.3) is 0 Å². The number of carbonyl (C=O) groups excluding carboxylic acids is 2. The number of rotatable bonds is 5. The molecule has 0 aliphatic heterocycles. The third kappa shape index (κ3) is 4.60. The van der Waals surface area contributed by atoms with Gasteiger partial charge in [-0.25, -0.2) is 4.79 Å². The van der Waals surface area contributed by atoms with E-state index >= 15 is 0 Å². The summed E-state index contributed by atoms with van der Waals surface area (Å²) in [6.07, 6.45) is 4.20. The molecule has 0 saturated heterocycles. The Morgan fingerprint density at radius 3 is 2.41 bits per heavy atom. The quantitative estimate of drug-likeness (QED) is 0.489. The minimum absolute atomic E-state index is 0.0299. The smallest absolute Gasteiger partial charge is 0.312 e. The SMILES string of the molecule is NCC1CCCCC1C(=O)NCCNC(N)=O. The fourth-order valence-corrected chi connectivity index (χ4v) is 2.34. The molecule has 0 aromatic carbocycles. The van der Waals surface area contributed by atoms with E-state index in [0.717, 1.165) is 25.7 Å². The minimum Gasteiger partial charge on any atom is -0.354 e. The van der Waals surface area contributed by atoms with Crippen LogP contribution in [0, 0.1) is 11.8 Å². The molecule has 0 heterocycles. The molecule has 0 spiro atoms. The zero-order valence-electron chi connectivity index (χ0n) is 10.1. The van der Waals surface area contributed by atoms with Crippen LogP contribution in [0.25, 0.3) is 0 Å². The van der Waals surface area contributed by atoms with Crippen LogP contribution in [0.5, 0.6) is 0 Å². The maximum Gasteiger partial charge on any atom is 0.312 e. The summed E-state index contributed by atoms with van der Waals surface area (Å²) in [6.45, 7) is 1.34. The van der Waals surface area contributed by atoms with Crippen molar-refractivity contribution in [2.75, 3.05) is 19.6 Å². The molecule has 0 radical (unpaired) electrons. The van der Waals surface area contributed by atoms with Gasteiger partial charge in [-0.05, 0) is 25.3 Å². The Balaban J connectivity index is 2.27. The van der Waals surface area contributed by atoms with Gasteiger partial charge >= 0.3 is 6.03 Å². The summed E-state index contributed by atoms with van der Waals surface area (Å²) in [5, 5.41) is 5.24. The second-order valence-electron chi connectivity index (χ2n) is 4.47. The van der Waals surface area contributed by atoms with E-state index in [1.54, 1.807) is 0 Å². The van der Waals surface area contributed by atoms with E-state index < -0.39 is 6.03 Å². The molecule has 2 unspecified atom stereocenters. The number of urea groups is 1. The number of primary amides is 1. The lowest BCUT2D eigenvalue weighted by Crippen LogP contribution is -2.42. The fourth-order valence-electron chi connectivity index (χ4n) is 2.34. The number of nitrogens with two attached hydrogens (primary N) is 2. The van der Waals surface area contributed by atoms with Crippen LogP contribution in [-0.2, 0) is 4.79 Å². The van der Waals surface area contributed by atoms with Crippen molar-refractivity contribution in [3.05, 3.63) is 0 Å². The predicted octanol–water partition coefficient (Wildman–Crippen LogP) is -0.464. The first-order valence-electron chi connectivity index (χ1n) is 6.16. The highest BCUT2D eigenvalue weighted by atomic mass is 16.2. The van der Waals surface area contributed by atoms with Crippen LogP contribution in [0.2, 0.25) is 0 Å². The van der Waals surface area contributed by atoms with E-state index in [1.807, 2.05) is 0 Å². The number of nitrogens with one attached hydrogen (secondary N) is 2. The molecular formula is C11H22N4O2. The van der Waals surface area contributed by atoms with Gasteiger partial charge in [-0.3, -0.25) is 4.79 Å². The monoisotopic (exact) mass is 242 g/mol. The summed E-state index contributed by atoms with van der Waals surface area (Å²) in [7, 11) is 0. The molecule has 3 amide bonds. The maximum absolute atomic E-state index is 11.9. The van der Waals surface area contributed by atoms with Gasteiger partial charge in [0.15, 0.2) is 0 Å². The van der Waals surface area contributed by atoms with Gasteiger partial charge in [-0.15, -0.1) is 0 Å². The summed E-state index contributed by atoms with van der Waals surface area (Å²) in [6, 6.07) is -0.572. The van der Waals surface area contributed by atoms with Crippen LogP contribution in [0.15, 0.2) is 0 Å². The van der Waals surface area contributed by atoms with Crippen LogP contribution in [-0.4, -0.2) is 31.6 Å². The van der Waals surface area contributed by atoms with Crippen LogP contribution in [0.1, 0.15) is 25.7 Å². The van der Waals surface area contributed by atoms with Gasteiger partial charge < -0.3 is 22.1 Å². The van der Waals surface area contributed by atoms with E-state index in [2.05, 4.69) is 10.6 Å². The number of hydrogen-bond donors (Lipinski definition) is 4. The van der Waals surface area contributed by atoms with Crippen molar-refractivity contribution >= 4 is 11.9 Å². The Kier molecular flexibility index (Phi) is 5.76. The Hall–Kier alpha value is -1.30. The molecule has 17 heavy (non-hydrogen) atoms. The van der Waals surface area contributed by atoms with Gasteiger partial charge in [0.2, 0.25) is 5.91 Å². The molecule has 1 rings (SSSR count). The average molecular weight is 242 g/mol. The van der Waals surface area contributed by atoms with E-state index in [4.69, 9.17) is 11.5 Å². The largest absolute Gasteiger partial charge is 0.354 e. The van der Waals surface area contributed by atoms with E-state index in [1.165, 1.54) is 0 Å². The van der Waals surface area contributed by atoms with Gasteiger partial charge in [-0.2, -0.15) is 0 Å². The molecule has 1 saturated carbocycles. The van der Waals surface area contributed by atoms with Crippen LogP contribution in [0.3, 0.4) is 0 Å². The Morgan fingerprint density at radius 2 is 1.76 bits per heavy atom. The van der Waals surface area contributed by atoms with Crippen LogP contribution < -0.4 is 22.1 Å². The summed E-state index contributed by atoms with van der Waals surface area (Å²) in [5.74, 6) is 0.376.